The van der Waals surface area contributed by atoms with E-state index < -0.39 is 23.6 Å². The van der Waals surface area contributed by atoms with Crippen LogP contribution in [-0.4, -0.2) is 40.3 Å². The summed E-state index contributed by atoms with van der Waals surface area (Å²) in [5, 5.41) is 10.3. The lowest BCUT2D eigenvalue weighted by Crippen LogP contribution is -2.55. The van der Waals surface area contributed by atoms with Crippen molar-refractivity contribution < 1.29 is 19.4 Å². The van der Waals surface area contributed by atoms with Gasteiger partial charge in [0.1, 0.15) is 5.72 Å². The second-order valence-corrected chi connectivity index (χ2v) is 9.39. The summed E-state index contributed by atoms with van der Waals surface area (Å²) in [6, 6.07) is 3.59. The normalized spacial score (nSPS) is 28.6. The summed E-state index contributed by atoms with van der Waals surface area (Å²) in [4.78, 5) is 26.5. The minimum atomic E-state index is -1.07. The Hall–Kier alpha value is -1.30. The highest BCUT2D eigenvalue weighted by Crippen LogP contribution is 2.47. The first-order chi connectivity index (χ1) is 12.5. The molecular weight excluding hydrogens is 389 g/mol. The van der Waals surface area contributed by atoms with Crippen LogP contribution in [-0.2, 0) is 9.53 Å². The summed E-state index contributed by atoms with van der Waals surface area (Å²) >= 11 is 12.2. The maximum Gasteiger partial charge on any atom is 0.328 e. The van der Waals surface area contributed by atoms with E-state index in [0.29, 0.717) is 23.8 Å². The molecule has 2 aliphatic rings. The topological polar surface area (TPSA) is 66.8 Å². The van der Waals surface area contributed by atoms with Gasteiger partial charge in [0, 0.05) is 5.02 Å². The number of carbonyl (C=O) groups is 2. The molecule has 1 amide bonds. The standard InChI is InChI=1S/C20H25Cl2NO4/c1-19(2,3)12-6-8-20(9-7-12)23(16(11-27-20)18(25)26)17(24)14-5-4-13(21)10-15(14)22/h4-5,10,12,16H,6-9,11H2,1-3H3,(H,25,26)/t12?,16-,20?/m1/s1. The Morgan fingerprint density at radius 2 is 1.85 bits per heavy atom. The largest absolute Gasteiger partial charge is 0.480 e. The summed E-state index contributed by atoms with van der Waals surface area (Å²) < 4.78 is 5.99. The van der Waals surface area contributed by atoms with Gasteiger partial charge in [-0.1, -0.05) is 44.0 Å². The number of carbonyl (C=O) groups excluding carboxylic acids is 1. The summed E-state index contributed by atoms with van der Waals surface area (Å²) in [7, 11) is 0. The molecule has 1 aromatic carbocycles. The van der Waals surface area contributed by atoms with E-state index in [9.17, 15) is 14.7 Å². The summed E-state index contributed by atoms with van der Waals surface area (Å²) in [5.74, 6) is -0.981. The molecule has 0 unspecified atom stereocenters. The quantitative estimate of drug-likeness (QED) is 0.751. The molecule has 1 heterocycles. The minimum absolute atomic E-state index is 0.00747. The van der Waals surface area contributed by atoms with E-state index in [1.54, 1.807) is 12.1 Å². The Morgan fingerprint density at radius 3 is 2.37 bits per heavy atom. The highest BCUT2D eigenvalue weighted by molar-refractivity contribution is 6.36. The van der Waals surface area contributed by atoms with Crippen LogP contribution in [0.2, 0.25) is 10.0 Å². The van der Waals surface area contributed by atoms with Crippen LogP contribution in [0.5, 0.6) is 0 Å². The van der Waals surface area contributed by atoms with Crippen molar-refractivity contribution in [2.75, 3.05) is 6.61 Å². The number of rotatable bonds is 2. The predicted octanol–water partition coefficient (Wildman–Crippen LogP) is 4.85. The first kappa shape index (κ1) is 20.4. The molecule has 1 saturated carbocycles. The Balaban J connectivity index is 1.93. The zero-order valence-electron chi connectivity index (χ0n) is 15.8. The van der Waals surface area contributed by atoms with Gasteiger partial charge in [0.05, 0.1) is 17.2 Å². The van der Waals surface area contributed by atoms with Crippen molar-refractivity contribution in [2.24, 2.45) is 11.3 Å². The van der Waals surface area contributed by atoms with Crippen LogP contribution >= 0.6 is 23.2 Å². The Labute approximate surface area is 169 Å². The third kappa shape index (κ3) is 3.82. The van der Waals surface area contributed by atoms with Gasteiger partial charge in [0.25, 0.3) is 5.91 Å². The molecule has 3 rings (SSSR count). The Bertz CT molecular complexity index is 751. The molecule has 1 atom stereocenters. The fourth-order valence-electron chi connectivity index (χ4n) is 4.28. The minimum Gasteiger partial charge on any atom is -0.480 e. The van der Waals surface area contributed by atoms with E-state index >= 15 is 0 Å². The number of amides is 1. The summed E-state index contributed by atoms with van der Waals surface area (Å²) in [6.45, 7) is 6.62. The molecule has 148 valence electrons. The predicted molar refractivity (Wildman–Crippen MR) is 104 cm³/mol. The number of nitrogens with zero attached hydrogens (tertiary/aromatic N) is 1. The molecule has 7 heteroatoms. The van der Waals surface area contributed by atoms with Crippen molar-refractivity contribution in [3.63, 3.8) is 0 Å². The molecule has 1 aliphatic heterocycles. The molecule has 5 nitrogen and oxygen atoms in total. The van der Waals surface area contributed by atoms with Gasteiger partial charge < -0.3 is 9.84 Å². The lowest BCUT2D eigenvalue weighted by molar-refractivity contribution is -0.144. The molecule has 1 spiro atoms. The van der Waals surface area contributed by atoms with E-state index in [1.165, 1.54) is 11.0 Å². The fourth-order valence-corrected chi connectivity index (χ4v) is 4.77. The smallest absolute Gasteiger partial charge is 0.328 e. The van der Waals surface area contributed by atoms with Crippen molar-refractivity contribution in [3.05, 3.63) is 33.8 Å². The van der Waals surface area contributed by atoms with Crippen LogP contribution in [0.15, 0.2) is 18.2 Å². The van der Waals surface area contributed by atoms with Crippen molar-refractivity contribution in [1.29, 1.82) is 0 Å². The number of benzene rings is 1. The van der Waals surface area contributed by atoms with Gasteiger partial charge in [-0.25, -0.2) is 4.79 Å². The van der Waals surface area contributed by atoms with E-state index in [0.717, 1.165) is 12.8 Å². The first-order valence-electron chi connectivity index (χ1n) is 9.21. The Morgan fingerprint density at radius 1 is 1.22 bits per heavy atom. The van der Waals surface area contributed by atoms with Gasteiger partial charge in [-0.3, -0.25) is 9.69 Å². The highest BCUT2D eigenvalue weighted by atomic mass is 35.5. The van der Waals surface area contributed by atoms with Crippen molar-refractivity contribution >= 4 is 35.1 Å². The molecule has 1 N–H and O–H groups in total. The third-order valence-electron chi connectivity index (χ3n) is 5.92. The van der Waals surface area contributed by atoms with E-state index in [4.69, 9.17) is 27.9 Å². The highest BCUT2D eigenvalue weighted by Gasteiger charge is 2.55. The molecule has 0 radical (unpaired) electrons. The van der Waals surface area contributed by atoms with Gasteiger partial charge in [-0.05, 0) is 55.2 Å². The SMILES string of the molecule is CC(C)(C)C1CCC2(CC1)OC[C@H](C(=O)O)N2C(=O)c1ccc(Cl)cc1Cl. The van der Waals surface area contributed by atoms with Gasteiger partial charge >= 0.3 is 5.97 Å². The molecule has 27 heavy (non-hydrogen) atoms. The zero-order valence-corrected chi connectivity index (χ0v) is 17.3. The van der Waals surface area contributed by atoms with Gasteiger partial charge in [0.15, 0.2) is 6.04 Å². The molecule has 2 fully saturated rings. The number of hydrogen-bond acceptors (Lipinski definition) is 3. The maximum atomic E-state index is 13.3. The van der Waals surface area contributed by atoms with Crippen LogP contribution < -0.4 is 0 Å². The number of ether oxygens (including phenoxy) is 1. The summed E-state index contributed by atoms with van der Waals surface area (Å²) in [6.07, 6.45) is 3.01. The number of halogens is 2. The zero-order chi connectivity index (χ0) is 20.0. The van der Waals surface area contributed by atoms with Crippen LogP contribution in [0.25, 0.3) is 0 Å². The van der Waals surface area contributed by atoms with Crippen LogP contribution in [0, 0.1) is 11.3 Å². The van der Waals surface area contributed by atoms with E-state index in [1.807, 2.05) is 0 Å². The number of carboxylic acids is 1. The molecular formula is C20H25Cl2NO4. The van der Waals surface area contributed by atoms with Crippen LogP contribution in [0.1, 0.15) is 56.8 Å². The number of carboxylic acid groups (broad SMARTS) is 1. The third-order valence-corrected chi connectivity index (χ3v) is 6.47. The summed E-state index contributed by atoms with van der Waals surface area (Å²) in [5.41, 5.74) is -0.471. The van der Waals surface area contributed by atoms with Crippen molar-refractivity contribution in [3.8, 4) is 0 Å². The van der Waals surface area contributed by atoms with Gasteiger partial charge in [0.2, 0.25) is 0 Å². The lowest BCUT2D eigenvalue weighted by atomic mass is 9.70. The molecule has 1 aliphatic carbocycles. The van der Waals surface area contributed by atoms with Gasteiger partial charge in [-0.2, -0.15) is 0 Å². The lowest BCUT2D eigenvalue weighted by Gasteiger charge is -2.46. The van der Waals surface area contributed by atoms with Gasteiger partial charge in [-0.15, -0.1) is 0 Å². The second kappa shape index (κ2) is 7.26. The molecule has 0 bridgehead atoms. The van der Waals surface area contributed by atoms with Crippen molar-refractivity contribution in [1.82, 2.24) is 4.90 Å². The van der Waals surface area contributed by atoms with Crippen LogP contribution in [0.4, 0.5) is 0 Å². The second-order valence-electron chi connectivity index (χ2n) is 8.55. The monoisotopic (exact) mass is 413 g/mol. The molecule has 1 aromatic rings. The van der Waals surface area contributed by atoms with E-state index in [-0.39, 0.29) is 22.6 Å². The maximum absolute atomic E-state index is 13.3. The fraction of sp³-hybridized carbons (Fsp3) is 0.600. The number of hydrogen-bond donors (Lipinski definition) is 1. The van der Waals surface area contributed by atoms with Crippen LogP contribution in [0.3, 0.4) is 0 Å². The first-order valence-corrected chi connectivity index (χ1v) is 9.96. The molecule has 0 aromatic heterocycles. The average molecular weight is 414 g/mol. The Kier molecular flexibility index (Phi) is 5.50. The number of aliphatic carboxylic acids is 1. The van der Waals surface area contributed by atoms with Crippen molar-refractivity contribution in [2.45, 2.75) is 58.2 Å². The van der Waals surface area contributed by atoms with E-state index in [2.05, 4.69) is 20.8 Å². The molecule has 1 saturated heterocycles. The average Bonchev–Trinajstić information content (AvgIpc) is 2.93.